The predicted octanol–water partition coefficient (Wildman–Crippen LogP) is 2.63. The van der Waals surface area contributed by atoms with E-state index in [1.165, 1.54) is 17.8 Å². The number of tetrazole rings is 1. The van der Waals surface area contributed by atoms with Gasteiger partial charge in [0.05, 0.1) is 6.04 Å². The van der Waals surface area contributed by atoms with E-state index in [2.05, 4.69) is 15.5 Å². The van der Waals surface area contributed by atoms with E-state index < -0.39 is 0 Å². The van der Waals surface area contributed by atoms with Crippen molar-refractivity contribution < 1.29 is 4.39 Å². The van der Waals surface area contributed by atoms with Gasteiger partial charge in [0.1, 0.15) is 5.82 Å². The lowest BCUT2D eigenvalue weighted by Gasteiger charge is -2.13. The maximum absolute atomic E-state index is 13.7. The van der Waals surface area contributed by atoms with Crippen LogP contribution in [-0.4, -0.2) is 20.2 Å². The van der Waals surface area contributed by atoms with Gasteiger partial charge in [-0.15, -0.1) is 5.10 Å². The van der Waals surface area contributed by atoms with E-state index in [4.69, 9.17) is 5.73 Å². The van der Waals surface area contributed by atoms with Crippen molar-refractivity contribution >= 4 is 11.8 Å². The van der Waals surface area contributed by atoms with Crippen LogP contribution in [0.4, 0.5) is 4.39 Å². The summed E-state index contributed by atoms with van der Waals surface area (Å²) in [5.41, 5.74) is 7.31. The second-order valence-electron chi connectivity index (χ2n) is 5.17. The Bertz CT molecular complexity index is 636. The third-order valence-electron chi connectivity index (χ3n) is 3.34. The molecule has 2 aromatic rings. The molecule has 1 aromatic heterocycles. The summed E-state index contributed by atoms with van der Waals surface area (Å²) in [5.74, 6) is -0.233. The number of hydrogen-bond donors (Lipinski definition) is 1. The first-order chi connectivity index (χ1) is 9.56. The predicted molar refractivity (Wildman–Crippen MR) is 74.0 cm³/mol. The van der Waals surface area contributed by atoms with Gasteiger partial charge in [0.15, 0.2) is 0 Å². The van der Waals surface area contributed by atoms with E-state index in [0.717, 1.165) is 28.5 Å². The smallest absolute Gasteiger partial charge is 0.214 e. The molecule has 0 bridgehead atoms. The van der Waals surface area contributed by atoms with Crippen LogP contribution < -0.4 is 5.73 Å². The Labute approximate surface area is 120 Å². The summed E-state index contributed by atoms with van der Waals surface area (Å²) in [5, 5.41) is 12.5. The molecular formula is C13H16FN5S. The largest absolute Gasteiger partial charge is 0.324 e. The van der Waals surface area contributed by atoms with Crippen molar-refractivity contribution in [3.63, 3.8) is 0 Å². The molecule has 1 aliphatic rings. The summed E-state index contributed by atoms with van der Waals surface area (Å²) in [4.78, 5) is 0.913. The third kappa shape index (κ3) is 2.55. The van der Waals surface area contributed by atoms with Crippen LogP contribution in [0, 0.1) is 12.7 Å². The van der Waals surface area contributed by atoms with Gasteiger partial charge in [-0.25, -0.2) is 9.07 Å². The molecule has 0 amide bonds. The summed E-state index contributed by atoms with van der Waals surface area (Å²) in [6.07, 6.45) is 2.22. The molecule has 1 saturated carbocycles. The summed E-state index contributed by atoms with van der Waals surface area (Å²) in [7, 11) is 0. The van der Waals surface area contributed by atoms with Gasteiger partial charge in [0.25, 0.3) is 0 Å². The Kier molecular flexibility index (Phi) is 3.47. The number of aromatic nitrogens is 4. The summed E-state index contributed by atoms with van der Waals surface area (Å²) in [6.45, 7) is 3.59. The Morgan fingerprint density at radius 1 is 1.45 bits per heavy atom. The van der Waals surface area contributed by atoms with Crippen molar-refractivity contribution in [3.05, 3.63) is 29.1 Å². The fourth-order valence-electron chi connectivity index (χ4n) is 2.01. The van der Waals surface area contributed by atoms with Crippen LogP contribution in [0.1, 0.15) is 43.0 Å². The first kappa shape index (κ1) is 13.5. The SMILES string of the molecule is Cc1cc(Sc2nnnn2C2CC2)c([C@@H](C)N)cc1F. The van der Waals surface area contributed by atoms with Crippen LogP contribution in [0.5, 0.6) is 0 Å². The summed E-state index contributed by atoms with van der Waals surface area (Å²) in [6, 6.07) is 3.49. The van der Waals surface area contributed by atoms with Gasteiger partial charge in [0.2, 0.25) is 5.16 Å². The minimum absolute atomic E-state index is 0.233. The standard InChI is InChI=1S/C13H16FN5S/c1-7-5-12(10(8(2)15)6-11(7)14)20-13-16-17-18-19(13)9-3-4-9/h5-6,8-9H,3-4,15H2,1-2H3/t8-/m1/s1. The highest BCUT2D eigenvalue weighted by Gasteiger charge is 2.28. The number of aryl methyl sites for hydroxylation is 1. The molecule has 20 heavy (non-hydrogen) atoms. The zero-order chi connectivity index (χ0) is 14.3. The van der Waals surface area contributed by atoms with Gasteiger partial charge >= 0.3 is 0 Å². The fraction of sp³-hybridized carbons (Fsp3) is 0.462. The molecule has 1 atom stereocenters. The monoisotopic (exact) mass is 293 g/mol. The molecule has 0 spiro atoms. The molecule has 106 valence electrons. The molecular weight excluding hydrogens is 277 g/mol. The molecule has 1 aromatic carbocycles. The fourth-order valence-corrected chi connectivity index (χ4v) is 3.17. The van der Waals surface area contributed by atoms with E-state index in [0.29, 0.717) is 11.6 Å². The highest BCUT2D eigenvalue weighted by molar-refractivity contribution is 7.99. The number of nitrogens with zero attached hydrogens (tertiary/aromatic N) is 4. The number of rotatable bonds is 4. The van der Waals surface area contributed by atoms with Crippen molar-refractivity contribution in [3.8, 4) is 0 Å². The van der Waals surface area contributed by atoms with E-state index >= 15 is 0 Å². The molecule has 0 saturated heterocycles. The molecule has 3 rings (SSSR count). The van der Waals surface area contributed by atoms with Gasteiger partial charge in [0, 0.05) is 10.9 Å². The minimum Gasteiger partial charge on any atom is -0.324 e. The molecule has 1 heterocycles. The maximum atomic E-state index is 13.7. The Morgan fingerprint density at radius 3 is 2.85 bits per heavy atom. The van der Waals surface area contributed by atoms with Gasteiger partial charge < -0.3 is 5.73 Å². The van der Waals surface area contributed by atoms with E-state index in [9.17, 15) is 4.39 Å². The van der Waals surface area contributed by atoms with Gasteiger partial charge in [-0.1, -0.05) is 0 Å². The molecule has 7 heteroatoms. The van der Waals surface area contributed by atoms with Crippen LogP contribution in [0.3, 0.4) is 0 Å². The molecule has 2 N–H and O–H groups in total. The first-order valence-electron chi connectivity index (χ1n) is 6.57. The van der Waals surface area contributed by atoms with Crippen molar-refractivity contribution in [1.82, 2.24) is 20.2 Å². The van der Waals surface area contributed by atoms with Crippen LogP contribution in [0.2, 0.25) is 0 Å². The number of halogens is 1. The van der Waals surface area contributed by atoms with Crippen LogP contribution in [0.25, 0.3) is 0 Å². The minimum atomic E-state index is -0.238. The van der Waals surface area contributed by atoms with Crippen molar-refractivity contribution in [2.24, 2.45) is 5.73 Å². The average Bonchev–Trinajstić information content (AvgIpc) is 3.14. The second kappa shape index (κ2) is 5.14. The van der Waals surface area contributed by atoms with Gasteiger partial charge in [-0.2, -0.15) is 0 Å². The van der Waals surface area contributed by atoms with Crippen LogP contribution in [0.15, 0.2) is 22.2 Å². The number of benzene rings is 1. The zero-order valence-corrected chi connectivity index (χ0v) is 12.2. The Morgan fingerprint density at radius 2 is 2.20 bits per heavy atom. The number of hydrogen-bond acceptors (Lipinski definition) is 5. The zero-order valence-electron chi connectivity index (χ0n) is 11.4. The molecule has 5 nitrogen and oxygen atoms in total. The second-order valence-corrected chi connectivity index (χ2v) is 6.18. The topological polar surface area (TPSA) is 69.6 Å². The maximum Gasteiger partial charge on any atom is 0.214 e. The average molecular weight is 293 g/mol. The van der Waals surface area contributed by atoms with Crippen molar-refractivity contribution in [2.45, 2.75) is 48.8 Å². The molecule has 1 aliphatic carbocycles. The van der Waals surface area contributed by atoms with Crippen molar-refractivity contribution in [1.29, 1.82) is 0 Å². The lowest BCUT2D eigenvalue weighted by atomic mass is 10.1. The normalized spacial score (nSPS) is 16.4. The van der Waals surface area contributed by atoms with Gasteiger partial charge in [-0.3, -0.25) is 0 Å². The van der Waals surface area contributed by atoms with E-state index in [1.807, 2.05) is 17.7 Å². The van der Waals surface area contributed by atoms with Gasteiger partial charge in [-0.05, 0) is 72.1 Å². The number of nitrogens with two attached hydrogens (primary N) is 1. The molecule has 1 fully saturated rings. The third-order valence-corrected chi connectivity index (χ3v) is 4.36. The van der Waals surface area contributed by atoms with Crippen LogP contribution >= 0.6 is 11.8 Å². The molecule has 0 radical (unpaired) electrons. The van der Waals surface area contributed by atoms with Crippen molar-refractivity contribution in [2.75, 3.05) is 0 Å². The first-order valence-corrected chi connectivity index (χ1v) is 7.39. The van der Waals surface area contributed by atoms with E-state index in [-0.39, 0.29) is 11.9 Å². The lowest BCUT2D eigenvalue weighted by Crippen LogP contribution is -2.08. The quantitative estimate of drug-likeness (QED) is 0.938. The summed E-state index contributed by atoms with van der Waals surface area (Å²) >= 11 is 1.45. The Balaban J connectivity index is 1.96. The highest BCUT2D eigenvalue weighted by Crippen LogP contribution is 2.39. The van der Waals surface area contributed by atoms with Crippen LogP contribution in [-0.2, 0) is 0 Å². The lowest BCUT2D eigenvalue weighted by molar-refractivity contribution is 0.565. The van der Waals surface area contributed by atoms with E-state index in [1.54, 1.807) is 6.92 Å². The molecule has 0 aliphatic heterocycles. The Hall–Kier alpha value is -1.47. The molecule has 0 unspecified atom stereocenters. The summed E-state index contributed by atoms with van der Waals surface area (Å²) < 4.78 is 15.5. The highest BCUT2D eigenvalue weighted by atomic mass is 32.2.